The quantitative estimate of drug-likeness (QED) is 0.812. The predicted molar refractivity (Wildman–Crippen MR) is 103 cm³/mol. The number of carbonyl (C=O) groups excluding carboxylic acids is 1. The Morgan fingerprint density at radius 2 is 1.81 bits per heavy atom. The molecule has 142 valence electrons. The third kappa shape index (κ3) is 2.56. The second-order valence-corrected chi connectivity index (χ2v) is 9.17. The fourth-order valence-electron chi connectivity index (χ4n) is 4.10. The van der Waals surface area contributed by atoms with Crippen LogP contribution in [0, 0.1) is 6.92 Å². The molecule has 4 rings (SSSR count). The van der Waals surface area contributed by atoms with Crippen molar-refractivity contribution in [3.8, 4) is 5.75 Å². The molecule has 2 heterocycles. The minimum absolute atomic E-state index is 0.0626. The van der Waals surface area contributed by atoms with E-state index in [4.69, 9.17) is 4.74 Å². The molecule has 7 heteroatoms. The Balaban J connectivity index is 1.74. The average molecular weight is 386 g/mol. The van der Waals surface area contributed by atoms with Crippen molar-refractivity contribution in [2.75, 3.05) is 32.1 Å². The largest absolute Gasteiger partial charge is 0.497 e. The molecular weight excluding hydrogens is 364 g/mol. The maximum absolute atomic E-state index is 13.1. The number of anilines is 1. The molecule has 0 bridgehead atoms. The van der Waals surface area contributed by atoms with Gasteiger partial charge in [0, 0.05) is 25.8 Å². The number of sulfonamides is 1. The smallest absolute Gasteiger partial charge is 0.243 e. The third-order valence-electron chi connectivity index (χ3n) is 5.69. The first kappa shape index (κ1) is 18.0. The Morgan fingerprint density at radius 1 is 1.11 bits per heavy atom. The average Bonchev–Trinajstić information content (AvgIpc) is 3.21. The van der Waals surface area contributed by atoms with Crippen LogP contribution < -0.4 is 9.64 Å². The maximum atomic E-state index is 13.1. The summed E-state index contributed by atoms with van der Waals surface area (Å²) >= 11 is 0. The second-order valence-electron chi connectivity index (χ2n) is 7.23. The van der Waals surface area contributed by atoms with E-state index in [0.717, 1.165) is 16.8 Å². The van der Waals surface area contributed by atoms with Gasteiger partial charge < -0.3 is 9.64 Å². The molecule has 1 spiro atoms. The van der Waals surface area contributed by atoms with E-state index in [1.165, 1.54) is 4.31 Å². The van der Waals surface area contributed by atoms with Gasteiger partial charge in [-0.1, -0.05) is 17.7 Å². The van der Waals surface area contributed by atoms with Crippen molar-refractivity contribution in [2.45, 2.75) is 23.7 Å². The molecule has 2 aromatic carbocycles. The number of carbonyl (C=O) groups is 1. The summed E-state index contributed by atoms with van der Waals surface area (Å²) < 4.78 is 32.9. The highest BCUT2D eigenvalue weighted by Crippen LogP contribution is 2.48. The minimum Gasteiger partial charge on any atom is -0.497 e. The molecule has 0 aliphatic carbocycles. The molecule has 2 aliphatic rings. The van der Waals surface area contributed by atoms with Gasteiger partial charge in [-0.2, -0.15) is 4.31 Å². The number of nitrogens with zero attached hydrogens (tertiary/aromatic N) is 2. The zero-order valence-electron chi connectivity index (χ0n) is 15.6. The summed E-state index contributed by atoms with van der Waals surface area (Å²) in [4.78, 5) is 15.0. The number of hydrogen-bond acceptors (Lipinski definition) is 4. The first-order valence-electron chi connectivity index (χ1n) is 8.83. The van der Waals surface area contributed by atoms with Crippen molar-refractivity contribution in [3.63, 3.8) is 0 Å². The molecule has 0 unspecified atom stereocenters. The van der Waals surface area contributed by atoms with Crippen LogP contribution >= 0.6 is 0 Å². The normalized spacial score (nSPS) is 22.5. The van der Waals surface area contributed by atoms with E-state index < -0.39 is 15.4 Å². The van der Waals surface area contributed by atoms with E-state index in [0.29, 0.717) is 18.7 Å². The third-order valence-corrected chi connectivity index (χ3v) is 7.55. The summed E-state index contributed by atoms with van der Waals surface area (Å²) in [6, 6.07) is 12.3. The monoisotopic (exact) mass is 386 g/mol. The number of rotatable bonds is 3. The molecule has 1 saturated heterocycles. The molecule has 0 aromatic heterocycles. The van der Waals surface area contributed by atoms with Crippen LogP contribution in [-0.4, -0.2) is 45.9 Å². The van der Waals surface area contributed by atoms with Gasteiger partial charge in [0.05, 0.1) is 17.4 Å². The van der Waals surface area contributed by atoms with E-state index >= 15 is 0 Å². The van der Waals surface area contributed by atoms with E-state index in [1.54, 1.807) is 43.3 Å². The number of aryl methyl sites for hydroxylation is 1. The van der Waals surface area contributed by atoms with Crippen molar-refractivity contribution in [2.24, 2.45) is 0 Å². The highest BCUT2D eigenvalue weighted by Gasteiger charge is 2.55. The summed E-state index contributed by atoms with van der Waals surface area (Å²) in [5.41, 5.74) is 1.81. The van der Waals surface area contributed by atoms with E-state index in [2.05, 4.69) is 0 Å². The molecule has 2 aromatic rings. The van der Waals surface area contributed by atoms with Crippen molar-refractivity contribution in [1.29, 1.82) is 0 Å². The summed E-state index contributed by atoms with van der Waals surface area (Å²) in [6.07, 6.45) is 0.460. The van der Waals surface area contributed by atoms with Crippen molar-refractivity contribution in [3.05, 3.63) is 53.6 Å². The lowest BCUT2D eigenvalue weighted by atomic mass is 9.81. The molecule has 0 radical (unpaired) electrons. The van der Waals surface area contributed by atoms with Gasteiger partial charge in [0.2, 0.25) is 15.9 Å². The first-order chi connectivity index (χ1) is 12.8. The zero-order valence-corrected chi connectivity index (χ0v) is 16.4. The van der Waals surface area contributed by atoms with Crippen LogP contribution in [-0.2, 0) is 20.2 Å². The number of ether oxygens (including phenoxy) is 1. The van der Waals surface area contributed by atoms with Crippen molar-refractivity contribution in [1.82, 2.24) is 4.31 Å². The fraction of sp³-hybridized carbons (Fsp3) is 0.350. The van der Waals surface area contributed by atoms with Gasteiger partial charge in [-0.05, 0) is 49.2 Å². The Bertz CT molecular complexity index is 1020. The van der Waals surface area contributed by atoms with Crippen molar-refractivity contribution >= 4 is 21.6 Å². The van der Waals surface area contributed by atoms with Gasteiger partial charge in [-0.15, -0.1) is 0 Å². The maximum Gasteiger partial charge on any atom is 0.243 e. The fourth-order valence-corrected chi connectivity index (χ4v) is 5.60. The highest BCUT2D eigenvalue weighted by atomic mass is 32.2. The SMILES string of the molecule is COc1ccc2c(c1)[C@@]1(CCN(S(=O)(=O)c3ccc(C)cc3)C1)C(=O)N2C. The summed E-state index contributed by atoms with van der Waals surface area (Å²) in [5, 5.41) is 0. The van der Waals surface area contributed by atoms with Gasteiger partial charge >= 0.3 is 0 Å². The van der Waals surface area contributed by atoms with E-state index in [1.807, 2.05) is 25.1 Å². The highest BCUT2D eigenvalue weighted by molar-refractivity contribution is 7.89. The van der Waals surface area contributed by atoms with Crippen LogP contribution in [0.25, 0.3) is 0 Å². The number of methoxy groups -OCH3 is 1. The predicted octanol–water partition coefficient (Wildman–Crippen LogP) is 2.31. The Kier molecular flexibility index (Phi) is 4.05. The van der Waals surface area contributed by atoms with Gasteiger partial charge in [-0.25, -0.2) is 8.42 Å². The van der Waals surface area contributed by atoms with Crippen LogP contribution in [0.1, 0.15) is 17.5 Å². The summed E-state index contributed by atoms with van der Waals surface area (Å²) in [7, 11) is -0.330. The molecule has 0 N–H and O–H groups in total. The van der Waals surface area contributed by atoms with Crippen LogP contribution in [0.4, 0.5) is 5.69 Å². The molecule has 1 amide bonds. The Hall–Kier alpha value is -2.38. The molecule has 6 nitrogen and oxygen atoms in total. The van der Waals surface area contributed by atoms with Gasteiger partial charge in [0.15, 0.2) is 0 Å². The molecular formula is C20H22N2O4S. The zero-order chi connectivity index (χ0) is 19.4. The van der Waals surface area contributed by atoms with E-state index in [9.17, 15) is 13.2 Å². The molecule has 2 aliphatic heterocycles. The van der Waals surface area contributed by atoms with Crippen LogP contribution in [0.2, 0.25) is 0 Å². The van der Waals surface area contributed by atoms with E-state index in [-0.39, 0.29) is 17.3 Å². The Morgan fingerprint density at radius 3 is 2.48 bits per heavy atom. The van der Waals surface area contributed by atoms with Crippen LogP contribution in [0.3, 0.4) is 0 Å². The lowest BCUT2D eigenvalue weighted by Gasteiger charge is -2.23. The molecule has 0 saturated carbocycles. The number of fused-ring (bicyclic) bond motifs is 2. The number of benzene rings is 2. The topological polar surface area (TPSA) is 66.9 Å². The summed E-state index contributed by atoms with van der Waals surface area (Å²) in [6.45, 7) is 2.37. The molecule has 27 heavy (non-hydrogen) atoms. The first-order valence-corrected chi connectivity index (χ1v) is 10.3. The van der Waals surface area contributed by atoms with Crippen LogP contribution in [0.15, 0.2) is 47.4 Å². The van der Waals surface area contributed by atoms with Gasteiger partial charge in [-0.3, -0.25) is 4.79 Å². The lowest BCUT2D eigenvalue weighted by Crippen LogP contribution is -2.42. The van der Waals surface area contributed by atoms with Gasteiger partial charge in [0.1, 0.15) is 5.75 Å². The summed E-state index contributed by atoms with van der Waals surface area (Å²) in [5.74, 6) is 0.600. The number of likely N-dealkylation sites (N-methyl/N-ethyl adjacent to an activating group) is 1. The molecule has 1 fully saturated rings. The Labute approximate surface area is 159 Å². The second kappa shape index (κ2) is 6.07. The minimum atomic E-state index is -3.65. The van der Waals surface area contributed by atoms with Gasteiger partial charge in [0.25, 0.3) is 0 Å². The van der Waals surface area contributed by atoms with Crippen LogP contribution in [0.5, 0.6) is 5.75 Å². The standard InChI is InChI=1S/C20H22N2O4S/c1-14-4-7-16(8-5-14)27(24,25)22-11-10-20(13-22)17-12-15(26-3)6-9-18(17)21(2)19(20)23/h4-9,12H,10-11,13H2,1-3H3/t20-/m0/s1. The molecule has 1 atom stereocenters. The lowest BCUT2D eigenvalue weighted by molar-refractivity contribution is -0.122. The number of hydrogen-bond donors (Lipinski definition) is 0. The number of amides is 1. The van der Waals surface area contributed by atoms with Crippen molar-refractivity contribution < 1.29 is 17.9 Å².